The van der Waals surface area contributed by atoms with Gasteiger partial charge in [0.05, 0.1) is 0 Å². The number of nitrogens with zero attached hydrogens (tertiary/aromatic N) is 3. The molecule has 1 aromatic rings. The maximum Gasteiger partial charge on any atom is 0.205 e. The molecule has 1 aliphatic rings. The highest BCUT2D eigenvalue weighted by Crippen LogP contribution is 2.17. The van der Waals surface area contributed by atoms with Crippen molar-refractivity contribution in [3.8, 4) is 0 Å². The van der Waals surface area contributed by atoms with Crippen LogP contribution in [-0.2, 0) is 0 Å². The van der Waals surface area contributed by atoms with E-state index in [2.05, 4.69) is 27.5 Å². The zero-order valence-electron chi connectivity index (χ0n) is 8.66. The Hall–Kier alpha value is -0.680. The average molecular weight is 212 g/mol. The Morgan fingerprint density at radius 1 is 1.57 bits per heavy atom. The quantitative estimate of drug-likeness (QED) is 0.817. The van der Waals surface area contributed by atoms with Gasteiger partial charge in [0.25, 0.3) is 0 Å². The molecule has 0 saturated carbocycles. The number of hydrogen-bond acceptors (Lipinski definition) is 5. The number of anilines is 1. The van der Waals surface area contributed by atoms with Crippen LogP contribution in [0.5, 0.6) is 0 Å². The van der Waals surface area contributed by atoms with Crippen molar-refractivity contribution in [3.05, 3.63) is 5.01 Å². The van der Waals surface area contributed by atoms with Crippen LogP contribution in [0.1, 0.15) is 11.4 Å². The van der Waals surface area contributed by atoms with Crippen molar-refractivity contribution in [2.45, 2.75) is 13.3 Å². The molecule has 0 aromatic carbocycles. The van der Waals surface area contributed by atoms with Crippen molar-refractivity contribution in [2.75, 3.05) is 32.0 Å². The summed E-state index contributed by atoms with van der Waals surface area (Å²) in [6.07, 6.45) is 1.29. The standard InChI is InChI=1S/C9H16N4S/c1-7-11-12-9(14-7)10-5-8-3-4-13(2)6-8/h8H,3-6H2,1-2H3,(H,10,12). The third-order valence-corrected chi connectivity index (χ3v) is 3.35. The first-order valence-corrected chi connectivity index (χ1v) is 5.78. The summed E-state index contributed by atoms with van der Waals surface area (Å²) in [7, 11) is 2.18. The fraction of sp³-hybridized carbons (Fsp3) is 0.778. The highest BCUT2D eigenvalue weighted by Gasteiger charge is 2.19. The van der Waals surface area contributed by atoms with E-state index in [9.17, 15) is 0 Å². The molecule has 1 fully saturated rings. The first kappa shape index (κ1) is 9.86. The maximum atomic E-state index is 4.04. The zero-order chi connectivity index (χ0) is 9.97. The summed E-state index contributed by atoms with van der Waals surface area (Å²) in [5.74, 6) is 0.768. The molecular formula is C9H16N4S. The van der Waals surface area contributed by atoms with Gasteiger partial charge in [0.15, 0.2) is 0 Å². The zero-order valence-corrected chi connectivity index (χ0v) is 9.47. The molecule has 1 aliphatic heterocycles. The van der Waals surface area contributed by atoms with Crippen molar-refractivity contribution in [1.82, 2.24) is 15.1 Å². The average Bonchev–Trinajstić information content (AvgIpc) is 2.72. The van der Waals surface area contributed by atoms with Gasteiger partial charge in [0.2, 0.25) is 5.13 Å². The lowest BCUT2D eigenvalue weighted by molar-refractivity contribution is 0.399. The number of rotatable bonds is 3. The molecule has 1 aromatic heterocycles. The van der Waals surface area contributed by atoms with E-state index in [1.807, 2.05) is 6.92 Å². The lowest BCUT2D eigenvalue weighted by Gasteiger charge is -2.10. The van der Waals surface area contributed by atoms with Gasteiger partial charge in [-0.3, -0.25) is 0 Å². The maximum absolute atomic E-state index is 4.04. The molecule has 0 spiro atoms. The highest BCUT2D eigenvalue weighted by atomic mass is 32.1. The Kier molecular flexibility index (Phi) is 2.98. The lowest BCUT2D eigenvalue weighted by Crippen LogP contribution is -2.19. The van der Waals surface area contributed by atoms with Gasteiger partial charge in [0.1, 0.15) is 5.01 Å². The summed E-state index contributed by atoms with van der Waals surface area (Å²) in [5, 5.41) is 13.3. The number of likely N-dealkylation sites (tertiary alicyclic amines) is 1. The summed E-state index contributed by atoms with van der Waals surface area (Å²) < 4.78 is 0. The van der Waals surface area contributed by atoms with Crippen molar-refractivity contribution < 1.29 is 0 Å². The largest absolute Gasteiger partial charge is 0.360 e. The van der Waals surface area contributed by atoms with Gasteiger partial charge in [0, 0.05) is 13.1 Å². The highest BCUT2D eigenvalue weighted by molar-refractivity contribution is 7.15. The lowest BCUT2D eigenvalue weighted by atomic mass is 10.1. The normalized spacial score (nSPS) is 22.9. The SMILES string of the molecule is Cc1nnc(NCC2CCN(C)C2)s1. The number of aromatic nitrogens is 2. The van der Waals surface area contributed by atoms with Gasteiger partial charge in [-0.2, -0.15) is 0 Å². The van der Waals surface area contributed by atoms with E-state index >= 15 is 0 Å². The van der Waals surface area contributed by atoms with Crippen LogP contribution in [0.3, 0.4) is 0 Å². The van der Waals surface area contributed by atoms with Gasteiger partial charge < -0.3 is 10.2 Å². The van der Waals surface area contributed by atoms with Gasteiger partial charge in [-0.1, -0.05) is 11.3 Å². The molecule has 0 bridgehead atoms. The van der Waals surface area contributed by atoms with E-state index in [4.69, 9.17) is 0 Å². The second kappa shape index (κ2) is 4.23. The Bertz CT molecular complexity index is 299. The number of aryl methyl sites for hydroxylation is 1. The Labute approximate surface area is 88.3 Å². The molecule has 1 saturated heterocycles. The smallest absolute Gasteiger partial charge is 0.205 e. The minimum Gasteiger partial charge on any atom is -0.360 e. The molecular weight excluding hydrogens is 196 g/mol. The molecule has 1 atom stereocenters. The van der Waals surface area contributed by atoms with E-state index in [0.717, 1.165) is 22.6 Å². The molecule has 1 N–H and O–H groups in total. The molecule has 2 rings (SSSR count). The third-order valence-electron chi connectivity index (χ3n) is 2.56. The molecule has 1 unspecified atom stereocenters. The monoisotopic (exact) mass is 212 g/mol. The Morgan fingerprint density at radius 3 is 3.00 bits per heavy atom. The molecule has 14 heavy (non-hydrogen) atoms. The van der Waals surface area contributed by atoms with E-state index < -0.39 is 0 Å². The van der Waals surface area contributed by atoms with E-state index in [1.165, 1.54) is 19.5 Å². The predicted octanol–water partition coefficient (Wildman–Crippen LogP) is 1.21. The fourth-order valence-corrected chi connectivity index (χ4v) is 2.39. The molecule has 4 nitrogen and oxygen atoms in total. The number of nitrogens with one attached hydrogen (secondary N) is 1. The minimum atomic E-state index is 0.768. The van der Waals surface area contributed by atoms with Crippen molar-refractivity contribution in [2.24, 2.45) is 5.92 Å². The molecule has 2 heterocycles. The molecule has 0 amide bonds. The Morgan fingerprint density at radius 2 is 2.43 bits per heavy atom. The predicted molar refractivity (Wildman–Crippen MR) is 58.7 cm³/mol. The third kappa shape index (κ3) is 2.42. The van der Waals surface area contributed by atoms with Gasteiger partial charge in [-0.05, 0) is 32.9 Å². The van der Waals surface area contributed by atoms with Crippen molar-refractivity contribution >= 4 is 16.5 Å². The summed E-state index contributed by atoms with van der Waals surface area (Å²) in [4.78, 5) is 2.37. The molecule has 0 radical (unpaired) electrons. The van der Waals surface area contributed by atoms with E-state index in [1.54, 1.807) is 11.3 Å². The van der Waals surface area contributed by atoms with E-state index in [-0.39, 0.29) is 0 Å². The summed E-state index contributed by atoms with van der Waals surface area (Å²) in [6, 6.07) is 0. The van der Waals surface area contributed by atoms with Crippen LogP contribution in [0.25, 0.3) is 0 Å². The minimum absolute atomic E-state index is 0.768. The van der Waals surface area contributed by atoms with Gasteiger partial charge >= 0.3 is 0 Å². The van der Waals surface area contributed by atoms with Gasteiger partial charge in [-0.15, -0.1) is 10.2 Å². The van der Waals surface area contributed by atoms with Crippen LogP contribution in [0.15, 0.2) is 0 Å². The summed E-state index contributed by atoms with van der Waals surface area (Å²) in [6.45, 7) is 5.43. The van der Waals surface area contributed by atoms with Crippen LogP contribution < -0.4 is 5.32 Å². The van der Waals surface area contributed by atoms with Crippen LogP contribution in [-0.4, -0.2) is 41.8 Å². The molecule has 78 valence electrons. The van der Waals surface area contributed by atoms with Crippen LogP contribution in [0, 0.1) is 12.8 Å². The van der Waals surface area contributed by atoms with Crippen molar-refractivity contribution in [3.63, 3.8) is 0 Å². The van der Waals surface area contributed by atoms with Crippen LogP contribution >= 0.6 is 11.3 Å². The molecule has 5 heteroatoms. The first-order valence-electron chi connectivity index (χ1n) is 4.96. The van der Waals surface area contributed by atoms with Crippen LogP contribution in [0.2, 0.25) is 0 Å². The molecule has 0 aliphatic carbocycles. The van der Waals surface area contributed by atoms with Gasteiger partial charge in [-0.25, -0.2) is 0 Å². The Balaban J connectivity index is 1.77. The van der Waals surface area contributed by atoms with E-state index in [0.29, 0.717) is 0 Å². The topological polar surface area (TPSA) is 41.1 Å². The summed E-state index contributed by atoms with van der Waals surface area (Å²) in [5.41, 5.74) is 0. The van der Waals surface area contributed by atoms with Crippen LogP contribution in [0.4, 0.5) is 5.13 Å². The summed E-state index contributed by atoms with van der Waals surface area (Å²) >= 11 is 1.62. The second-order valence-electron chi connectivity index (χ2n) is 3.92. The van der Waals surface area contributed by atoms with Crippen molar-refractivity contribution in [1.29, 1.82) is 0 Å². The fourth-order valence-electron chi connectivity index (χ4n) is 1.79. The first-order chi connectivity index (χ1) is 6.74. The second-order valence-corrected chi connectivity index (χ2v) is 5.11. The number of hydrogen-bond donors (Lipinski definition) is 1.